The molecule has 158 valence electrons. The molecule has 0 radical (unpaired) electrons. The first kappa shape index (κ1) is 22.5. The summed E-state index contributed by atoms with van der Waals surface area (Å²) in [5.41, 5.74) is 11.3. The fourth-order valence-electron chi connectivity index (χ4n) is 3.56. The second-order valence-electron chi connectivity index (χ2n) is 7.61. The predicted octanol–water partition coefficient (Wildman–Crippen LogP) is 2.96. The minimum absolute atomic E-state index is 0.0939. The van der Waals surface area contributed by atoms with Crippen LogP contribution >= 0.6 is 0 Å². The molecule has 29 heavy (non-hydrogen) atoms. The third-order valence-corrected chi connectivity index (χ3v) is 5.18. The lowest BCUT2D eigenvalue weighted by Gasteiger charge is -2.32. The molecule has 0 aromatic rings. The maximum atomic E-state index is 7.46. The summed E-state index contributed by atoms with van der Waals surface area (Å²) in [5.74, 6) is 7.60. The van der Waals surface area contributed by atoms with Crippen molar-refractivity contribution in [3.8, 4) is 0 Å². The molecule has 6 N–H and O–H groups in total. The molecule has 0 aromatic carbocycles. The van der Waals surface area contributed by atoms with E-state index in [1.54, 1.807) is 0 Å². The van der Waals surface area contributed by atoms with Crippen LogP contribution in [0.1, 0.15) is 33.1 Å². The summed E-state index contributed by atoms with van der Waals surface area (Å²) < 4.78 is 5.86. The molecule has 1 heterocycles. The highest BCUT2D eigenvalue weighted by atomic mass is 16.5. The van der Waals surface area contributed by atoms with Gasteiger partial charge in [0, 0.05) is 49.1 Å². The molecule has 0 bridgehead atoms. The Labute approximate surface area is 174 Å². The number of likely N-dealkylation sites (tertiary alicyclic amines) is 1. The van der Waals surface area contributed by atoms with Gasteiger partial charge in [-0.3, -0.25) is 5.84 Å². The number of hydrazine groups is 1. The van der Waals surface area contributed by atoms with Crippen LogP contribution in [0.25, 0.3) is 0 Å². The number of hydrogen-bond acceptors (Lipinski definition) is 6. The van der Waals surface area contributed by atoms with Crippen LogP contribution in [0.15, 0.2) is 65.3 Å². The number of piperidine rings is 1. The summed E-state index contributed by atoms with van der Waals surface area (Å²) in [4.78, 5) is 6.60. The molecule has 1 saturated heterocycles. The number of hydrogen-bond donors (Lipinski definition) is 4. The average Bonchev–Trinajstić information content (AvgIpc) is 2.72. The van der Waals surface area contributed by atoms with Gasteiger partial charge in [0.2, 0.25) is 0 Å². The Morgan fingerprint density at radius 3 is 2.62 bits per heavy atom. The maximum absolute atomic E-state index is 7.46. The van der Waals surface area contributed by atoms with Crippen LogP contribution in [0, 0.1) is 17.2 Å². The van der Waals surface area contributed by atoms with E-state index in [-0.39, 0.29) is 12.0 Å². The van der Waals surface area contributed by atoms with E-state index in [0.717, 1.165) is 48.8 Å². The highest BCUT2D eigenvalue weighted by Gasteiger charge is 2.25. The Morgan fingerprint density at radius 2 is 2.07 bits per heavy atom. The van der Waals surface area contributed by atoms with Gasteiger partial charge in [-0.05, 0) is 56.5 Å². The Kier molecular flexibility index (Phi) is 8.27. The molecule has 1 atom stereocenters. The summed E-state index contributed by atoms with van der Waals surface area (Å²) in [7, 11) is 0. The van der Waals surface area contributed by atoms with Crippen LogP contribution in [0.3, 0.4) is 0 Å². The molecule has 1 aliphatic carbocycles. The topological polar surface area (TPSA) is 113 Å². The normalized spacial score (nSPS) is 21.4. The molecule has 7 heteroatoms. The van der Waals surface area contributed by atoms with Crippen molar-refractivity contribution in [2.45, 2.75) is 39.2 Å². The van der Waals surface area contributed by atoms with Crippen molar-refractivity contribution in [3.63, 3.8) is 0 Å². The van der Waals surface area contributed by atoms with Gasteiger partial charge >= 0.3 is 0 Å². The first-order chi connectivity index (χ1) is 13.9. The van der Waals surface area contributed by atoms with Gasteiger partial charge in [0.15, 0.2) is 0 Å². The molecule has 2 rings (SSSR count). The van der Waals surface area contributed by atoms with E-state index in [2.05, 4.69) is 28.5 Å². The first-order valence-electron chi connectivity index (χ1n) is 10.0. The SMILES string of the molecule is C=CN=C(/C=C(\N)C(=C)[C@H]1CC(OC(C)C)=CC=C1NN)N1CCC(C=N)CC1. The van der Waals surface area contributed by atoms with E-state index in [0.29, 0.717) is 18.0 Å². The van der Waals surface area contributed by atoms with Gasteiger partial charge in [-0.2, -0.15) is 0 Å². The zero-order valence-electron chi connectivity index (χ0n) is 17.5. The summed E-state index contributed by atoms with van der Waals surface area (Å²) in [6, 6.07) is 0. The van der Waals surface area contributed by atoms with Gasteiger partial charge in [0.1, 0.15) is 5.84 Å². The highest BCUT2D eigenvalue weighted by Crippen LogP contribution is 2.32. The second kappa shape index (κ2) is 10.7. The van der Waals surface area contributed by atoms with Crippen molar-refractivity contribution in [2.24, 2.45) is 28.4 Å². The van der Waals surface area contributed by atoms with Gasteiger partial charge in [-0.25, -0.2) is 4.99 Å². The van der Waals surface area contributed by atoms with Crippen molar-refractivity contribution in [3.05, 3.63) is 60.3 Å². The number of nitrogens with two attached hydrogens (primary N) is 2. The van der Waals surface area contributed by atoms with Gasteiger partial charge in [0.05, 0.1) is 11.9 Å². The Hall–Kier alpha value is -2.80. The highest BCUT2D eigenvalue weighted by molar-refractivity contribution is 5.94. The van der Waals surface area contributed by atoms with Crippen LogP contribution < -0.4 is 17.0 Å². The zero-order valence-corrected chi connectivity index (χ0v) is 17.5. The Bertz CT molecular complexity index is 738. The maximum Gasteiger partial charge on any atom is 0.130 e. The van der Waals surface area contributed by atoms with Crippen molar-refractivity contribution in [1.29, 1.82) is 5.41 Å². The molecular formula is C22H34N6O. The summed E-state index contributed by atoms with van der Waals surface area (Å²) >= 11 is 0. The Morgan fingerprint density at radius 1 is 1.38 bits per heavy atom. The monoisotopic (exact) mass is 398 g/mol. The third-order valence-electron chi connectivity index (χ3n) is 5.18. The van der Waals surface area contributed by atoms with Gasteiger partial charge in [-0.1, -0.05) is 13.2 Å². The number of aliphatic imine (C=N–C) groups is 1. The number of nitrogens with one attached hydrogen (secondary N) is 2. The molecule has 0 amide bonds. The number of ether oxygens (including phenoxy) is 1. The van der Waals surface area contributed by atoms with Crippen LogP contribution in [0.4, 0.5) is 0 Å². The van der Waals surface area contributed by atoms with E-state index in [9.17, 15) is 0 Å². The molecule has 1 aliphatic heterocycles. The molecule has 1 fully saturated rings. The van der Waals surface area contributed by atoms with E-state index >= 15 is 0 Å². The standard InChI is InChI=1S/C22H34N6O/c1-5-26-22(28-10-8-17(14-23)9-11-28)13-20(24)16(4)19-12-18(29-15(2)3)6-7-21(19)27-25/h5-7,13-15,17,19,23,27H,1,4,8-12,24-25H2,2-3H3/b20-13-,23-14?,26-22?/t19-/m1/s1. The second-order valence-corrected chi connectivity index (χ2v) is 7.61. The lowest BCUT2D eigenvalue weighted by atomic mass is 9.87. The van der Waals surface area contributed by atoms with Crippen molar-refractivity contribution in [1.82, 2.24) is 10.3 Å². The van der Waals surface area contributed by atoms with E-state index < -0.39 is 0 Å². The Balaban J connectivity index is 2.17. The largest absolute Gasteiger partial charge is 0.495 e. The van der Waals surface area contributed by atoms with Crippen LogP contribution in [-0.2, 0) is 4.74 Å². The molecule has 0 aromatic heterocycles. The molecule has 0 unspecified atom stereocenters. The number of rotatable bonds is 8. The number of nitrogens with zero attached hydrogens (tertiary/aromatic N) is 2. The fraction of sp³-hybridized carbons (Fsp3) is 0.455. The quantitative estimate of drug-likeness (QED) is 0.165. The first-order valence-corrected chi connectivity index (χ1v) is 10.0. The van der Waals surface area contributed by atoms with E-state index in [1.165, 1.54) is 12.4 Å². The molecular weight excluding hydrogens is 364 g/mol. The van der Waals surface area contributed by atoms with Crippen LogP contribution in [0.5, 0.6) is 0 Å². The van der Waals surface area contributed by atoms with Crippen molar-refractivity contribution in [2.75, 3.05) is 13.1 Å². The molecule has 7 nitrogen and oxygen atoms in total. The summed E-state index contributed by atoms with van der Waals surface area (Å²) in [5, 5.41) is 7.46. The van der Waals surface area contributed by atoms with Crippen LogP contribution in [-0.4, -0.2) is 36.1 Å². The lowest BCUT2D eigenvalue weighted by molar-refractivity contribution is 0.135. The molecule has 2 aliphatic rings. The smallest absolute Gasteiger partial charge is 0.130 e. The van der Waals surface area contributed by atoms with Crippen molar-refractivity contribution < 1.29 is 4.74 Å². The molecule has 0 saturated carbocycles. The predicted molar refractivity (Wildman–Crippen MR) is 120 cm³/mol. The number of amidine groups is 1. The summed E-state index contributed by atoms with van der Waals surface area (Å²) in [6.45, 7) is 13.6. The van der Waals surface area contributed by atoms with Crippen LogP contribution in [0.2, 0.25) is 0 Å². The van der Waals surface area contributed by atoms with Crippen molar-refractivity contribution >= 4 is 12.1 Å². The van der Waals surface area contributed by atoms with Gasteiger partial charge in [0.25, 0.3) is 0 Å². The van der Waals surface area contributed by atoms with E-state index in [1.807, 2.05) is 32.1 Å². The average molecular weight is 399 g/mol. The lowest BCUT2D eigenvalue weighted by Crippen LogP contribution is -2.38. The minimum Gasteiger partial charge on any atom is -0.495 e. The third kappa shape index (κ3) is 6.09. The summed E-state index contributed by atoms with van der Waals surface area (Å²) in [6.07, 6.45) is 11.3. The van der Waals surface area contributed by atoms with Gasteiger partial charge < -0.3 is 26.2 Å². The number of allylic oxidation sites excluding steroid dienone is 5. The van der Waals surface area contributed by atoms with Gasteiger partial charge in [-0.15, -0.1) is 0 Å². The molecule has 0 spiro atoms. The zero-order chi connectivity index (χ0) is 21.4. The van der Waals surface area contributed by atoms with E-state index in [4.69, 9.17) is 21.7 Å². The fourth-order valence-corrected chi connectivity index (χ4v) is 3.56. The minimum atomic E-state index is -0.0939.